The van der Waals surface area contributed by atoms with Crippen molar-refractivity contribution in [1.82, 2.24) is 9.88 Å². The Kier molecular flexibility index (Phi) is 5.71. The monoisotopic (exact) mass is 493 g/mol. The van der Waals surface area contributed by atoms with Crippen molar-refractivity contribution >= 4 is 81.5 Å². The molecule has 0 atom stereocenters. The van der Waals surface area contributed by atoms with E-state index in [1.54, 1.807) is 4.90 Å². The fourth-order valence-electron chi connectivity index (χ4n) is 2.86. The van der Waals surface area contributed by atoms with Crippen LogP contribution in [0.4, 0.5) is 5.13 Å². The molecule has 4 aromatic rings. The Morgan fingerprint density at radius 3 is 2.64 bits per heavy atom. The number of nitrogens with zero attached hydrogens (tertiary/aromatic N) is 3. The molecule has 0 unspecified atom stereocenters. The van der Waals surface area contributed by atoms with E-state index in [-0.39, 0.29) is 5.91 Å². The lowest BCUT2D eigenvalue weighted by Gasteiger charge is -2.21. The normalized spacial score (nSPS) is 11.6. The zero-order valence-corrected chi connectivity index (χ0v) is 19.3. The number of carbonyl (C=O) groups excluding carboxylic acids is 1. The number of amides is 1. The number of carbonyl (C=O) groups is 1. The van der Waals surface area contributed by atoms with Crippen molar-refractivity contribution in [3.63, 3.8) is 0 Å². The van der Waals surface area contributed by atoms with Crippen molar-refractivity contribution in [2.45, 2.75) is 0 Å². The summed E-state index contributed by atoms with van der Waals surface area (Å²) in [7, 11) is 3.98. The van der Waals surface area contributed by atoms with Gasteiger partial charge in [0.25, 0.3) is 5.91 Å². The predicted molar refractivity (Wildman–Crippen MR) is 124 cm³/mol. The van der Waals surface area contributed by atoms with E-state index in [9.17, 15) is 4.79 Å². The Morgan fingerprint density at radius 2 is 1.89 bits per heavy atom. The number of hydrogen-bond donors (Lipinski definition) is 0. The van der Waals surface area contributed by atoms with Crippen LogP contribution >= 0.6 is 50.2 Å². The average Bonchev–Trinajstić information content (AvgIpc) is 3.22. The smallest absolute Gasteiger partial charge is 0.271 e. The molecule has 0 spiro atoms. The minimum Gasteiger partial charge on any atom is -0.308 e. The second-order valence-electron chi connectivity index (χ2n) is 6.61. The largest absolute Gasteiger partial charge is 0.308 e. The molecule has 4 rings (SSSR count). The molecule has 4 nitrogen and oxygen atoms in total. The lowest BCUT2D eigenvalue weighted by Crippen LogP contribution is -2.36. The molecule has 0 radical (unpaired) electrons. The van der Waals surface area contributed by atoms with Crippen molar-refractivity contribution in [2.24, 2.45) is 0 Å². The highest BCUT2D eigenvalue weighted by Crippen LogP contribution is 2.38. The van der Waals surface area contributed by atoms with Gasteiger partial charge in [0.2, 0.25) is 0 Å². The zero-order valence-electron chi connectivity index (χ0n) is 15.3. The second kappa shape index (κ2) is 8.08. The van der Waals surface area contributed by atoms with E-state index in [0.29, 0.717) is 21.6 Å². The zero-order chi connectivity index (χ0) is 19.8. The van der Waals surface area contributed by atoms with Crippen LogP contribution in [0.5, 0.6) is 0 Å². The Bertz CT molecular complexity index is 1170. The maximum atomic E-state index is 13.5. The number of halogens is 2. The lowest BCUT2D eigenvalue weighted by atomic mass is 10.2. The van der Waals surface area contributed by atoms with Crippen LogP contribution in [0.2, 0.25) is 5.02 Å². The summed E-state index contributed by atoms with van der Waals surface area (Å²) >= 11 is 13.0. The van der Waals surface area contributed by atoms with Gasteiger partial charge in [-0.1, -0.05) is 57.1 Å². The van der Waals surface area contributed by atoms with Crippen LogP contribution in [0.3, 0.4) is 0 Å². The van der Waals surface area contributed by atoms with Crippen LogP contribution in [0.25, 0.3) is 20.3 Å². The fraction of sp³-hybridized carbons (Fsp3) is 0.200. The first-order chi connectivity index (χ1) is 13.4. The third kappa shape index (κ3) is 3.82. The van der Waals surface area contributed by atoms with Gasteiger partial charge in [0.15, 0.2) is 5.13 Å². The molecule has 0 saturated heterocycles. The molecule has 0 fully saturated rings. The summed E-state index contributed by atoms with van der Waals surface area (Å²) in [5.74, 6) is -0.105. The van der Waals surface area contributed by atoms with E-state index in [1.165, 1.54) is 22.7 Å². The first-order valence-corrected chi connectivity index (χ1v) is 11.4. The molecule has 0 aliphatic heterocycles. The Morgan fingerprint density at radius 1 is 1.11 bits per heavy atom. The summed E-state index contributed by atoms with van der Waals surface area (Å²) in [4.78, 5) is 22.5. The van der Waals surface area contributed by atoms with Gasteiger partial charge in [-0.15, -0.1) is 11.3 Å². The molecule has 144 valence electrons. The average molecular weight is 495 g/mol. The van der Waals surface area contributed by atoms with Gasteiger partial charge < -0.3 is 4.90 Å². The fourth-order valence-corrected chi connectivity index (χ4v) is 5.86. The number of aromatic nitrogens is 1. The van der Waals surface area contributed by atoms with Gasteiger partial charge >= 0.3 is 0 Å². The van der Waals surface area contributed by atoms with Crippen molar-refractivity contribution < 1.29 is 4.79 Å². The van der Waals surface area contributed by atoms with E-state index in [2.05, 4.69) is 20.8 Å². The number of rotatable bonds is 5. The topological polar surface area (TPSA) is 36.4 Å². The van der Waals surface area contributed by atoms with Crippen molar-refractivity contribution in [3.05, 3.63) is 56.8 Å². The van der Waals surface area contributed by atoms with Crippen LogP contribution in [0.15, 0.2) is 46.9 Å². The van der Waals surface area contributed by atoms with Gasteiger partial charge in [0.05, 0.1) is 15.2 Å². The Hall–Kier alpha value is -1.51. The number of thiophene rings is 1. The van der Waals surface area contributed by atoms with Gasteiger partial charge in [0.1, 0.15) is 4.88 Å². The summed E-state index contributed by atoms with van der Waals surface area (Å²) < 4.78 is 3.04. The first kappa shape index (κ1) is 19.8. The number of fused-ring (bicyclic) bond motifs is 2. The molecule has 0 N–H and O–H groups in total. The number of thiazole rings is 1. The van der Waals surface area contributed by atoms with Crippen LogP contribution in [0, 0.1) is 0 Å². The van der Waals surface area contributed by atoms with E-state index in [0.717, 1.165) is 31.3 Å². The molecule has 2 aromatic carbocycles. The SMILES string of the molecule is CN(C)CCN(C(=O)c1sc2ccccc2c1Cl)c1nc2ccc(Br)cc2s1. The third-order valence-corrected chi connectivity index (χ3v) is 7.51. The van der Waals surface area contributed by atoms with Crippen LogP contribution in [-0.4, -0.2) is 43.0 Å². The number of anilines is 1. The van der Waals surface area contributed by atoms with Gasteiger partial charge in [-0.25, -0.2) is 4.98 Å². The van der Waals surface area contributed by atoms with Crippen molar-refractivity contribution in [3.8, 4) is 0 Å². The molecule has 0 aliphatic carbocycles. The van der Waals surface area contributed by atoms with E-state index >= 15 is 0 Å². The molecular weight excluding hydrogens is 478 g/mol. The molecule has 0 saturated carbocycles. The molecular formula is C20H17BrClN3OS2. The summed E-state index contributed by atoms with van der Waals surface area (Å²) in [6.45, 7) is 1.27. The Balaban J connectivity index is 1.77. The van der Waals surface area contributed by atoms with Crippen LogP contribution in [0.1, 0.15) is 9.67 Å². The van der Waals surface area contributed by atoms with E-state index in [1.807, 2.05) is 56.6 Å². The van der Waals surface area contributed by atoms with E-state index < -0.39 is 0 Å². The number of benzene rings is 2. The molecule has 1 amide bonds. The summed E-state index contributed by atoms with van der Waals surface area (Å²) in [5.41, 5.74) is 0.883. The maximum absolute atomic E-state index is 13.5. The summed E-state index contributed by atoms with van der Waals surface area (Å²) in [6, 6.07) is 13.8. The molecule has 2 aromatic heterocycles. The van der Waals surface area contributed by atoms with Crippen molar-refractivity contribution in [2.75, 3.05) is 32.1 Å². The number of likely N-dealkylation sites (N-methyl/N-ethyl adjacent to an activating group) is 1. The lowest BCUT2D eigenvalue weighted by molar-refractivity contribution is 0.0989. The van der Waals surface area contributed by atoms with Crippen LogP contribution < -0.4 is 4.90 Å². The van der Waals surface area contributed by atoms with Crippen LogP contribution in [-0.2, 0) is 0 Å². The second-order valence-corrected chi connectivity index (χ2v) is 9.96. The Labute approximate surface area is 184 Å². The molecule has 0 bridgehead atoms. The standard InChI is InChI=1S/C20H17BrClN3OS2/c1-24(2)9-10-25(20-23-14-8-7-12(21)11-16(14)28-20)19(26)18-17(22)13-5-3-4-6-15(13)27-18/h3-8,11H,9-10H2,1-2H3. The maximum Gasteiger partial charge on any atom is 0.271 e. The molecule has 2 heterocycles. The summed E-state index contributed by atoms with van der Waals surface area (Å²) in [5, 5.41) is 2.12. The third-order valence-electron chi connectivity index (χ3n) is 4.32. The van der Waals surface area contributed by atoms with E-state index in [4.69, 9.17) is 16.6 Å². The van der Waals surface area contributed by atoms with Gasteiger partial charge in [-0.2, -0.15) is 0 Å². The highest BCUT2D eigenvalue weighted by molar-refractivity contribution is 9.10. The van der Waals surface area contributed by atoms with Gasteiger partial charge in [-0.05, 0) is 38.4 Å². The minimum absolute atomic E-state index is 0.105. The first-order valence-electron chi connectivity index (χ1n) is 8.64. The molecule has 28 heavy (non-hydrogen) atoms. The highest BCUT2D eigenvalue weighted by atomic mass is 79.9. The quantitative estimate of drug-likeness (QED) is 0.334. The number of hydrogen-bond acceptors (Lipinski definition) is 5. The van der Waals surface area contributed by atoms with Gasteiger partial charge in [0, 0.05) is 27.6 Å². The van der Waals surface area contributed by atoms with Gasteiger partial charge in [-0.3, -0.25) is 9.69 Å². The predicted octanol–water partition coefficient (Wildman–Crippen LogP) is 6.14. The minimum atomic E-state index is -0.105. The summed E-state index contributed by atoms with van der Waals surface area (Å²) in [6.07, 6.45) is 0. The highest BCUT2D eigenvalue weighted by Gasteiger charge is 2.26. The molecule has 8 heteroatoms. The molecule has 0 aliphatic rings. The van der Waals surface area contributed by atoms with Crippen molar-refractivity contribution in [1.29, 1.82) is 0 Å².